The van der Waals surface area contributed by atoms with Crippen LogP contribution in [-0.2, 0) is 9.84 Å². The number of hydrogen-bond donors (Lipinski definition) is 0. The molecule has 2 atom stereocenters. The molecule has 0 N–H and O–H groups in total. The second-order valence-electron chi connectivity index (χ2n) is 4.34. The summed E-state index contributed by atoms with van der Waals surface area (Å²) >= 11 is 3.61. The third-order valence-corrected chi connectivity index (χ3v) is 6.19. The van der Waals surface area contributed by atoms with Crippen LogP contribution in [0.2, 0.25) is 0 Å². The van der Waals surface area contributed by atoms with Crippen LogP contribution in [0.25, 0.3) is 0 Å². The van der Waals surface area contributed by atoms with Crippen LogP contribution in [0.1, 0.15) is 16.8 Å². The highest BCUT2D eigenvalue weighted by Crippen LogP contribution is 2.38. The first-order valence-electron chi connectivity index (χ1n) is 5.50. The van der Waals surface area contributed by atoms with E-state index in [1.54, 1.807) is 7.11 Å². The first-order valence-corrected chi connectivity index (χ1v) is 8.24. The van der Waals surface area contributed by atoms with Crippen molar-refractivity contribution in [3.05, 3.63) is 29.8 Å². The van der Waals surface area contributed by atoms with Crippen LogP contribution in [0.4, 0.5) is 0 Å². The molecular formula is C12H15BrO3S. The summed E-state index contributed by atoms with van der Waals surface area (Å²) in [4.78, 5) is 0.102. The van der Waals surface area contributed by atoms with E-state index in [4.69, 9.17) is 4.74 Å². The van der Waals surface area contributed by atoms with Crippen molar-refractivity contribution in [2.75, 3.05) is 18.6 Å². The lowest BCUT2D eigenvalue weighted by Gasteiger charge is -2.16. The van der Waals surface area contributed by atoms with E-state index in [1.165, 1.54) is 0 Å². The predicted octanol–water partition coefficient (Wildman–Crippen LogP) is 2.57. The number of alkyl halides is 1. The number of ether oxygens (including phenoxy) is 1. The molecule has 2 unspecified atom stereocenters. The predicted molar refractivity (Wildman–Crippen MR) is 71.4 cm³/mol. The number of benzene rings is 1. The van der Waals surface area contributed by atoms with E-state index in [-0.39, 0.29) is 16.5 Å². The molecule has 0 aliphatic carbocycles. The summed E-state index contributed by atoms with van der Waals surface area (Å²) in [5.41, 5.74) is 1.10. The second-order valence-corrected chi connectivity index (χ2v) is 7.55. The van der Waals surface area contributed by atoms with Crippen molar-refractivity contribution in [3.8, 4) is 5.75 Å². The Balaban J connectivity index is 2.11. The molecule has 0 amide bonds. The normalized spacial score (nSPS) is 24.5. The minimum atomic E-state index is -2.82. The first-order chi connectivity index (χ1) is 8.02. The molecule has 17 heavy (non-hydrogen) atoms. The van der Waals surface area contributed by atoms with Gasteiger partial charge in [0, 0.05) is 4.83 Å². The van der Waals surface area contributed by atoms with E-state index in [0.717, 1.165) is 17.7 Å². The van der Waals surface area contributed by atoms with Gasteiger partial charge in [-0.2, -0.15) is 0 Å². The molecule has 0 radical (unpaired) electrons. The van der Waals surface area contributed by atoms with E-state index in [9.17, 15) is 8.42 Å². The molecule has 1 aliphatic rings. The van der Waals surface area contributed by atoms with Crippen molar-refractivity contribution in [1.82, 2.24) is 0 Å². The molecule has 0 spiro atoms. The summed E-state index contributed by atoms with van der Waals surface area (Å²) in [5.74, 6) is 1.59. The lowest BCUT2D eigenvalue weighted by Crippen LogP contribution is -2.10. The quantitative estimate of drug-likeness (QED) is 0.804. The maximum atomic E-state index is 11.4. The molecule has 5 heteroatoms. The summed E-state index contributed by atoms with van der Waals surface area (Å²) in [6, 6.07) is 7.74. The highest BCUT2D eigenvalue weighted by atomic mass is 79.9. The second kappa shape index (κ2) is 4.98. The van der Waals surface area contributed by atoms with Crippen LogP contribution >= 0.6 is 15.9 Å². The number of hydrogen-bond acceptors (Lipinski definition) is 3. The van der Waals surface area contributed by atoms with Crippen molar-refractivity contribution in [1.29, 1.82) is 0 Å². The number of sulfone groups is 1. The molecular weight excluding hydrogens is 304 g/mol. The summed E-state index contributed by atoms with van der Waals surface area (Å²) in [6.07, 6.45) is 0.740. The van der Waals surface area contributed by atoms with Crippen LogP contribution in [-0.4, -0.2) is 27.0 Å². The molecule has 1 fully saturated rings. The van der Waals surface area contributed by atoms with Crippen LogP contribution in [0.5, 0.6) is 5.75 Å². The monoisotopic (exact) mass is 318 g/mol. The van der Waals surface area contributed by atoms with Crippen LogP contribution in [0.3, 0.4) is 0 Å². The Bertz CT molecular complexity index is 481. The van der Waals surface area contributed by atoms with E-state index in [1.807, 2.05) is 24.3 Å². The molecule has 0 saturated carbocycles. The van der Waals surface area contributed by atoms with Crippen molar-refractivity contribution >= 4 is 25.8 Å². The van der Waals surface area contributed by atoms with Gasteiger partial charge in [0.15, 0.2) is 9.84 Å². The minimum Gasteiger partial charge on any atom is -0.497 e. The van der Waals surface area contributed by atoms with E-state index in [2.05, 4.69) is 15.9 Å². The van der Waals surface area contributed by atoms with Crippen LogP contribution in [0, 0.1) is 5.92 Å². The van der Waals surface area contributed by atoms with E-state index in [0.29, 0.717) is 5.75 Å². The highest BCUT2D eigenvalue weighted by molar-refractivity contribution is 9.09. The van der Waals surface area contributed by atoms with Gasteiger partial charge < -0.3 is 4.74 Å². The van der Waals surface area contributed by atoms with Gasteiger partial charge in [-0.15, -0.1) is 0 Å². The molecule has 1 aliphatic heterocycles. The van der Waals surface area contributed by atoms with Crippen molar-refractivity contribution < 1.29 is 13.2 Å². The molecule has 1 aromatic carbocycles. The summed E-state index contributed by atoms with van der Waals surface area (Å²) in [6.45, 7) is 0. The average Bonchev–Trinajstić information content (AvgIpc) is 2.69. The summed E-state index contributed by atoms with van der Waals surface area (Å²) < 4.78 is 28.0. The summed E-state index contributed by atoms with van der Waals surface area (Å²) in [7, 11) is -1.19. The maximum Gasteiger partial charge on any atom is 0.150 e. The molecule has 0 aromatic heterocycles. The lowest BCUT2D eigenvalue weighted by molar-refractivity contribution is 0.414. The fourth-order valence-corrected chi connectivity index (χ4v) is 4.96. The highest BCUT2D eigenvalue weighted by Gasteiger charge is 2.33. The largest absolute Gasteiger partial charge is 0.497 e. The molecule has 0 bridgehead atoms. The van der Waals surface area contributed by atoms with Gasteiger partial charge in [-0.3, -0.25) is 0 Å². The molecule has 2 rings (SSSR count). The molecule has 1 heterocycles. The molecule has 94 valence electrons. The fourth-order valence-electron chi connectivity index (χ4n) is 2.11. The Morgan fingerprint density at radius 2 is 2.00 bits per heavy atom. The minimum absolute atomic E-state index is 0.102. The standard InChI is InChI=1S/C12H15BrO3S/c1-16-11-4-2-9(3-5-11)12(13)10-6-7-17(14,15)8-10/h2-5,10,12H,6-8H2,1H3. The Kier molecular flexibility index (Phi) is 3.78. The molecule has 1 saturated heterocycles. The van der Waals surface area contributed by atoms with Gasteiger partial charge in [0.05, 0.1) is 18.6 Å². The zero-order valence-corrected chi connectivity index (χ0v) is 12.0. The number of halogens is 1. The summed E-state index contributed by atoms with van der Waals surface area (Å²) in [5, 5.41) is 0. The molecule has 1 aromatic rings. The maximum absolute atomic E-state index is 11.4. The van der Waals surface area contributed by atoms with Crippen molar-refractivity contribution in [3.63, 3.8) is 0 Å². The van der Waals surface area contributed by atoms with E-state index < -0.39 is 9.84 Å². The van der Waals surface area contributed by atoms with Gasteiger partial charge in [0.1, 0.15) is 5.75 Å². The lowest BCUT2D eigenvalue weighted by atomic mass is 9.99. The van der Waals surface area contributed by atoms with Gasteiger partial charge in [-0.25, -0.2) is 8.42 Å². The van der Waals surface area contributed by atoms with Crippen molar-refractivity contribution in [2.24, 2.45) is 5.92 Å². The Hall–Kier alpha value is -0.550. The molecule has 3 nitrogen and oxygen atoms in total. The average molecular weight is 319 g/mol. The van der Waals surface area contributed by atoms with Gasteiger partial charge in [0.25, 0.3) is 0 Å². The van der Waals surface area contributed by atoms with Crippen LogP contribution in [0.15, 0.2) is 24.3 Å². The number of methoxy groups -OCH3 is 1. The third kappa shape index (κ3) is 3.01. The number of rotatable bonds is 3. The Morgan fingerprint density at radius 3 is 2.47 bits per heavy atom. The van der Waals surface area contributed by atoms with Crippen LogP contribution < -0.4 is 4.74 Å². The van der Waals surface area contributed by atoms with Gasteiger partial charge in [-0.05, 0) is 30.0 Å². The zero-order valence-electron chi connectivity index (χ0n) is 9.60. The van der Waals surface area contributed by atoms with Gasteiger partial charge >= 0.3 is 0 Å². The zero-order chi connectivity index (χ0) is 12.5. The van der Waals surface area contributed by atoms with Gasteiger partial charge in [-0.1, -0.05) is 28.1 Å². The third-order valence-electron chi connectivity index (χ3n) is 3.12. The SMILES string of the molecule is COc1ccc(C(Br)C2CCS(=O)(=O)C2)cc1. The Morgan fingerprint density at radius 1 is 1.35 bits per heavy atom. The van der Waals surface area contributed by atoms with Crippen molar-refractivity contribution in [2.45, 2.75) is 11.2 Å². The smallest absolute Gasteiger partial charge is 0.150 e. The topological polar surface area (TPSA) is 43.4 Å². The first kappa shape index (κ1) is 12.9. The Labute approximate surface area is 110 Å². The fraction of sp³-hybridized carbons (Fsp3) is 0.500. The van der Waals surface area contributed by atoms with Gasteiger partial charge in [0.2, 0.25) is 0 Å². The van der Waals surface area contributed by atoms with E-state index >= 15 is 0 Å².